The lowest BCUT2D eigenvalue weighted by Gasteiger charge is -2.41. The quantitative estimate of drug-likeness (QED) is 0.189. The second kappa shape index (κ2) is 12.3. The Balaban J connectivity index is 1.48. The second-order valence-electron chi connectivity index (χ2n) is 15.1. The van der Waals surface area contributed by atoms with Crippen LogP contribution in [-0.4, -0.2) is 61.8 Å². The monoisotopic (exact) mass is 658 g/mol. The lowest BCUT2D eigenvalue weighted by atomic mass is 9.94. The van der Waals surface area contributed by atoms with E-state index in [2.05, 4.69) is 75.1 Å². The van der Waals surface area contributed by atoms with Crippen LogP contribution in [0.2, 0.25) is 0 Å². The van der Waals surface area contributed by atoms with Gasteiger partial charge in [-0.3, -0.25) is 4.98 Å². The summed E-state index contributed by atoms with van der Waals surface area (Å²) in [6.07, 6.45) is 3.67. The van der Waals surface area contributed by atoms with Crippen molar-refractivity contribution in [3.05, 3.63) is 87.6 Å². The van der Waals surface area contributed by atoms with Gasteiger partial charge in [-0.05, 0) is 106 Å². The van der Waals surface area contributed by atoms with Crippen molar-refractivity contribution in [2.24, 2.45) is 0 Å². The predicted molar refractivity (Wildman–Crippen MR) is 196 cm³/mol. The highest BCUT2D eigenvalue weighted by atomic mass is 16.6. The third-order valence-corrected chi connectivity index (χ3v) is 9.74. The fourth-order valence-electron chi connectivity index (χ4n) is 7.26. The maximum absolute atomic E-state index is 14.5. The van der Waals surface area contributed by atoms with Crippen LogP contribution in [0.15, 0.2) is 59.5 Å². The van der Waals surface area contributed by atoms with Crippen molar-refractivity contribution in [3.8, 4) is 16.9 Å². The highest BCUT2D eigenvalue weighted by Gasteiger charge is 2.34. The molecular weight excluding hydrogens is 612 g/mol. The van der Waals surface area contributed by atoms with E-state index in [0.29, 0.717) is 37.0 Å². The molecule has 9 nitrogen and oxygen atoms in total. The van der Waals surface area contributed by atoms with Crippen LogP contribution in [0.5, 0.6) is 0 Å². The van der Waals surface area contributed by atoms with Gasteiger partial charge in [0.15, 0.2) is 5.65 Å². The number of carbonyl (C=O) groups is 1. The van der Waals surface area contributed by atoms with E-state index in [4.69, 9.17) is 19.7 Å². The zero-order chi connectivity index (χ0) is 34.8. The Morgan fingerprint density at radius 1 is 0.980 bits per heavy atom. The average Bonchev–Trinajstić information content (AvgIpc) is 3.89. The van der Waals surface area contributed by atoms with E-state index in [1.54, 1.807) is 15.7 Å². The number of piperazine rings is 1. The minimum absolute atomic E-state index is 0.0726. The molecule has 1 amide bonds. The first kappa shape index (κ1) is 32.7. The lowest BCUT2D eigenvalue weighted by molar-refractivity contribution is 0.0218. The van der Waals surface area contributed by atoms with Gasteiger partial charge in [0.05, 0.1) is 22.5 Å². The fourth-order valence-corrected chi connectivity index (χ4v) is 7.26. The molecule has 0 radical (unpaired) electrons. The van der Waals surface area contributed by atoms with Gasteiger partial charge in [-0.15, -0.1) is 0 Å². The first-order valence-electron chi connectivity index (χ1n) is 17.5. The topological polar surface area (TPSA) is 93.5 Å². The summed E-state index contributed by atoms with van der Waals surface area (Å²) in [7, 11) is 0. The van der Waals surface area contributed by atoms with Crippen LogP contribution in [-0.2, 0) is 4.74 Å². The summed E-state index contributed by atoms with van der Waals surface area (Å²) in [6, 6.07) is 16.9. The van der Waals surface area contributed by atoms with Gasteiger partial charge in [-0.1, -0.05) is 50.2 Å². The summed E-state index contributed by atoms with van der Waals surface area (Å²) in [5.41, 5.74) is 6.45. The minimum Gasteiger partial charge on any atom is -0.444 e. The van der Waals surface area contributed by atoms with Gasteiger partial charge in [0.1, 0.15) is 11.4 Å². The molecule has 4 heterocycles. The molecule has 49 heavy (non-hydrogen) atoms. The molecule has 2 aliphatic rings. The van der Waals surface area contributed by atoms with E-state index in [9.17, 15) is 9.59 Å². The number of carbonyl (C=O) groups excluding carboxylic acids is 1. The van der Waals surface area contributed by atoms with E-state index >= 15 is 0 Å². The number of anilines is 1. The molecule has 254 valence electrons. The number of aromatic nitrogens is 4. The summed E-state index contributed by atoms with van der Waals surface area (Å²) in [5, 5.41) is 3.17. The molecule has 9 heteroatoms. The molecule has 2 fully saturated rings. The van der Waals surface area contributed by atoms with Gasteiger partial charge in [0.2, 0.25) is 0 Å². The first-order chi connectivity index (χ1) is 23.3. The highest BCUT2D eigenvalue weighted by molar-refractivity contribution is 6.01. The minimum atomic E-state index is -0.579. The summed E-state index contributed by atoms with van der Waals surface area (Å²) in [6.45, 7) is 17.5. The SMILES string of the molecule is Cc1ccnc(C(C)C)c1-n1c(=O)nc(N2CCN(C(=O)OC(C)(C)C)C[C@@H]2C)c2cc(C3CC3)c(-c3cccc4cccc(C)c34)nc21. The molecule has 0 bridgehead atoms. The van der Waals surface area contributed by atoms with Crippen molar-refractivity contribution in [3.63, 3.8) is 0 Å². The molecule has 3 aromatic heterocycles. The van der Waals surface area contributed by atoms with E-state index in [1.165, 1.54) is 16.5 Å². The Labute approximate surface area is 288 Å². The molecule has 7 rings (SSSR count). The zero-order valence-corrected chi connectivity index (χ0v) is 29.9. The molecular formula is C40H46N6O3. The van der Waals surface area contributed by atoms with Crippen LogP contribution in [0.4, 0.5) is 10.6 Å². The van der Waals surface area contributed by atoms with Crippen molar-refractivity contribution in [2.75, 3.05) is 24.5 Å². The third kappa shape index (κ3) is 6.04. The molecule has 1 aliphatic heterocycles. The Morgan fingerprint density at radius 2 is 1.71 bits per heavy atom. The maximum atomic E-state index is 14.5. The smallest absolute Gasteiger partial charge is 0.410 e. The molecule has 1 aliphatic carbocycles. The number of hydrogen-bond donors (Lipinski definition) is 0. The summed E-state index contributed by atoms with van der Waals surface area (Å²) in [5.74, 6) is 1.06. The van der Waals surface area contributed by atoms with Gasteiger partial charge in [0, 0.05) is 37.4 Å². The molecule has 0 N–H and O–H groups in total. The van der Waals surface area contributed by atoms with Crippen molar-refractivity contribution in [2.45, 2.75) is 91.7 Å². The average molecular weight is 659 g/mol. The number of pyridine rings is 2. The van der Waals surface area contributed by atoms with Crippen LogP contribution in [0, 0.1) is 13.8 Å². The zero-order valence-electron chi connectivity index (χ0n) is 29.9. The number of benzene rings is 2. The summed E-state index contributed by atoms with van der Waals surface area (Å²) >= 11 is 0. The fraction of sp³-hybridized carbons (Fsp3) is 0.425. The molecule has 1 saturated carbocycles. The molecule has 2 aromatic carbocycles. The van der Waals surface area contributed by atoms with Crippen LogP contribution < -0.4 is 10.6 Å². The number of rotatable bonds is 5. The van der Waals surface area contributed by atoms with Crippen LogP contribution in [0.25, 0.3) is 38.8 Å². The van der Waals surface area contributed by atoms with Crippen LogP contribution in [0.1, 0.15) is 88.6 Å². The second-order valence-corrected chi connectivity index (χ2v) is 15.1. The number of aryl methyl sites for hydroxylation is 2. The summed E-state index contributed by atoms with van der Waals surface area (Å²) in [4.78, 5) is 46.5. The van der Waals surface area contributed by atoms with Crippen molar-refractivity contribution < 1.29 is 9.53 Å². The van der Waals surface area contributed by atoms with Gasteiger partial charge >= 0.3 is 11.8 Å². The number of nitrogens with zero attached hydrogens (tertiary/aromatic N) is 6. The van der Waals surface area contributed by atoms with Crippen LogP contribution in [0.3, 0.4) is 0 Å². The highest BCUT2D eigenvalue weighted by Crippen LogP contribution is 2.47. The molecule has 1 atom stereocenters. The Morgan fingerprint density at radius 3 is 2.39 bits per heavy atom. The summed E-state index contributed by atoms with van der Waals surface area (Å²) < 4.78 is 7.38. The van der Waals surface area contributed by atoms with Crippen molar-refractivity contribution in [1.82, 2.24) is 24.4 Å². The molecule has 1 saturated heterocycles. The maximum Gasteiger partial charge on any atom is 0.410 e. The van der Waals surface area contributed by atoms with Gasteiger partial charge < -0.3 is 14.5 Å². The van der Waals surface area contributed by atoms with E-state index in [0.717, 1.165) is 51.8 Å². The predicted octanol–water partition coefficient (Wildman–Crippen LogP) is 8.06. The van der Waals surface area contributed by atoms with Crippen molar-refractivity contribution >= 4 is 33.7 Å². The van der Waals surface area contributed by atoms with E-state index in [1.807, 2.05) is 33.8 Å². The van der Waals surface area contributed by atoms with Gasteiger partial charge in [-0.2, -0.15) is 4.98 Å². The standard InChI is InChI=1S/C40H46N6O3/c1-23(2)33-35(25(4)17-18-41-33)46-37-31(36(43-38(46)47)45-20-19-44(22-26(45)5)39(48)49-40(6,7)8)21-30(27-15-16-27)34(42-37)29-14-10-13-28-12-9-11-24(3)32(28)29/h9-14,17-18,21,23,26-27H,15-16,19-20,22H2,1-8H3/t26-/m0/s1. The Hall–Kier alpha value is -4.79. The van der Waals surface area contributed by atoms with E-state index in [-0.39, 0.29) is 18.1 Å². The van der Waals surface area contributed by atoms with Gasteiger partial charge in [-0.25, -0.2) is 19.1 Å². The Bertz CT molecular complexity index is 2160. The van der Waals surface area contributed by atoms with Gasteiger partial charge in [0.25, 0.3) is 0 Å². The normalized spacial score (nSPS) is 17.0. The number of ether oxygens (including phenoxy) is 1. The largest absolute Gasteiger partial charge is 0.444 e. The number of amides is 1. The number of hydrogen-bond acceptors (Lipinski definition) is 7. The molecule has 0 spiro atoms. The third-order valence-electron chi connectivity index (χ3n) is 9.74. The molecule has 5 aromatic rings. The molecule has 0 unspecified atom stereocenters. The number of fused-ring (bicyclic) bond motifs is 2. The lowest BCUT2D eigenvalue weighted by Crippen LogP contribution is -2.55. The van der Waals surface area contributed by atoms with E-state index < -0.39 is 11.3 Å². The van der Waals surface area contributed by atoms with Crippen molar-refractivity contribution in [1.29, 1.82) is 0 Å². The Kier molecular flexibility index (Phi) is 8.20. The van der Waals surface area contributed by atoms with Crippen LogP contribution >= 0.6 is 0 Å². The first-order valence-corrected chi connectivity index (χ1v) is 17.5.